The number of aryl methyl sites for hydroxylation is 1. The Morgan fingerprint density at radius 1 is 1.32 bits per heavy atom. The number of hydrogen-bond donors (Lipinski definition) is 3. The van der Waals surface area contributed by atoms with Crippen molar-refractivity contribution in [2.45, 2.75) is 37.6 Å². The van der Waals surface area contributed by atoms with E-state index in [4.69, 9.17) is 4.74 Å². The van der Waals surface area contributed by atoms with Crippen molar-refractivity contribution in [3.05, 3.63) is 41.6 Å². The van der Waals surface area contributed by atoms with E-state index in [1.807, 2.05) is 0 Å². The van der Waals surface area contributed by atoms with Gasteiger partial charge in [-0.05, 0) is 25.1 Å². The topological polar surface area (TPSA) is 96.6 Å². The number of benzene rings is 1. The van der Waals surface area contributed by atoms with E-state index >= 15 is 0 Å². The molecule has 1 aromatic heterocycles. The molecular weight excluding hydrogens is 379 g/mol. The predicted molar refractivity (Wildman–Crippen MR) is 92.9 cm³/mol. The van der Waals surface area contributed by atoms with Gasteiger partial charge in [0.15, 0.2) is 11.9 Å². The Morgan fingerprint density at radius 2 is 2.00 bits per heavy atom. The van der Waals surface area contributed by atoms with Crippen molar-refractivity contribution in [3.8, 4) is 5.69 Å². The van der Waals surface area contributed by atoms with Crippen molar-refractivity contribution in [1.82, 2.24) is 9.78 Å². The number of aromatic nitrogens is 2. The summed E-state index contributed by atoms with van der Waals surface area (Å²) >= 11 is 0. The van der Waals surface area contributed by atoms with Crippen LogP contribution in [0.2, 0.25) is 0 Å². The maximum absolute atomic E-state index is 12.9. The van der Waals surface area contributed by atoms with E-state index in [1.165, 1.54) is 22.9 Å². The summed E-state index contributed by atoms with van der Waals surface area (Å²) in [7, 11) is 0. The molecule has 152 valence electrons. The summed E-state index contributed by atoms with van der Waals surface area (Å²) in [5.74, 6) is -0.798. The van der Waals surface area contributed by atoms with Crippen LogP contribution in [0.5, 0.6) is 0 Å². The van der Waals surface area contributed by atoms with E-state index in [1.54, 1.807) is 6.92 Å². The molecule has 1 fully saturated rings. The van der Waals surface area contributed by atoms with Crippen LogP contribution < -0.4 is 5.32 Å². The van der Waals surface area contributed by atoms with Gasteiger partial charge in [-0.3, -0.25) is 4.79 Å². The Bertz CT molecular complexity index is 860. The van der Waals surface area contributed by atoms with Gasteiger partial charge in [-0.15, -0.1) is 5.10 Å². The molecule has 1 saturated heterocycles. The second kappa shape index (κ2) is 7.53. The SMILES string of the molecule is Cc1cc(NC(=O)C(O)C2(O)CCOCC2)nn1-c1cccc(C(F)(F)F)c1. The highest BCUT2D eigenvalue weighted by atomic mass is 19.4. The molecule has 0 saturated carbocycles. The average molecular weight is 399 g/mol. The minimum atomic E-state index is -4.49. The summed E-state index contributed by atoms with van der Waals surface area (Å²) in [5.41, 5.74) is -1.76. The van der Waals surface area contributed by atoms with Crippen molar-refractivity contribution >= 4 is 11.7 Å². The minimum absolute atomic E-state index is 0.0506. The number of nitrogens with one attached hydrogen (secondary N) is 1. The summed E-state index contributed by atoms with van der Waals surface area (Å²) in [6, 6.07) is 6.09. The molecule has 1 unspecified atom stereocenters. The van der Waals surface area contributed by atoms with Gasteiger partial charge in [-0.25, -0.2) is 4.68 Å². The molecule has 3 N–H and O–H groups in total. The van der Waals surface area contributed by atoms with E-state index in [-0.39, 0.29) is 37.6 Å². The van der Waals surface area contributed by atoms with Gasteiger partial charge in [0.25, 0.3) is 5.91 Å². The van der Waals surface area contributed by atoms with Gasteiger partial charge in [0.2, 0.25) is 0 Å². The maximum Gasteiger partial charge on any atom is 0.416 e. The number of amides is 1. The lowest BCUT2D eigenvalue weighted by atomic mass is 9.88. The Balaban J connectivity index is 1.78. The molecule has 1 amide bonds. The van der Waals surface area contributed by atoms with E-state index in [0.717, 1.165) is 12.1 Å². The molecule has 0 spiro atoms. The fourth-order valence-electron chi connectivity index (χ4n) is 3.05. The molecule has 0 aliphatic carbocycles. The number of aliphatic hydroxyl groups excluding tert-OH is 1. The predicted octanol–water partition coefficient (Wildman–Crippen LogP) is 2.04. The summed E-state index contributed by atoms with van der Waals surface area (Å²) in [6.07, 6.45) is -5.95. The van der Waals surface area contributed by atoms with Crippen molar-refractivity contribution in [2.75, 3.05) is 18.5 Å². The normalized spacial score (nSPS) is 17.9. The number of alkyl halides is 3. The fourth-order valence-corrected chi connectivity index (χ4v) is 3.05. The molecule has 1 aliphatic heterocycles. The third-order valence-corrected chi connectivity index (χ3v) is 4.67. The zero-order valence-electron chi connectivity index (χ0n) is 15.0. The summed E-state index contributed by atoms with van der Waals surface area (Å²) in [4.78, 5) is 12.3. The first-order chi connectivity index (χ1) is 13.1. The zero-order valence-corrected chi connectivity index (χ0v) is 15.0. The van der Waals surface area contributed by atoms with Crippen molar-refractivity contribution < 1.29 is 32.9 Å². The van der Waals surface area contributed by atoms with Crippen molar-refractivity contribution in [1.29, 1.82) is 0 Å². The monoisotopic (exact) mass is 399 g/mol. The van der Waals surface area contributed by atoms with Crippen LogP contribution in [0.4, 0.5) is 19.0 Å². The molecule has 7 nitrogen and oxygen atoms in total. The quantitative estimate of drug-likeness (QED) is 0.731. The van der Waals surface area contributed by atoms with Crippen LogP contribution in [-0.2, 0) is 15.7 Å². The van der Waals surface area contributed by atoms with E-state index in [0.29, 0.717) is 5.69 Å². The van der Waals surface area contributed by atoms with Crippen LogP contribution in [0.15, 0.2) is 30.3 Å². The number of aliphatic hydroxyl groups is 2. The lowest BCUT2D eigenvalue weighted by Crippen LogP contribution is -2.52. The molecular formula is C18H20F3N3O4. The van der Waals surface area contributed by atoms with E-state index in [2.05, 4.69) is 10.4 Å². The van der Waals surface area contributed by atoms with Crippen LogP contribution in [0.1, 0.15) is 24.1 Å². The van der Waals surface area contributed by atoms with E-state index in [9.17, 15) is 28.2 Å². The minimum Gasteiger partial charge on any atom is -0.386 e. The Kier molecular flexibility index (Phi) is 5.46. The molecule has 1 aliphatic rings. The smallest absolute Gasteiger partial charge is 0.386 e. The van der Waals surface area contributed by atoms with Gasteiger partial charge in [-0.2, -0.15) is 13.2 Å². The van der Waals surface area contributed by atoms with Crippen LogP contribution >= 0.6 is 0 Å². The number of hydrogen-bond acceptors (Lipinski definition) is 5. The molecule has 3 rings (SSSR count). The second-order valence-corrected chi connectivity index (χ2v) is 6.74. The zero-order chi connectivity index (χ0) is 20.5. The first-order valence-electron chi connectivity index (χ1n) is 8.63. The highest BCUT2D eigenvalue weighted by Crippen LogP contribution is 2.31. The molecule has 1 atom stereocenters. The highest BCUT2D eigenvalue weighted by Gasteiger charge is 2.41. The van der Waals surface area contributed by atoms with E-state index < -0.39 is 29.4 Å². The third-order valence-electron chi connectivity index (χ3n) is 4.67. The molecule has 2 heterocycles. The van der Waals surface area contributed by atoms with Crippen LogP contribution in [0.25, 0.3) is 5.69 Å². The number of rotatable bonds is 4. The largest absolute Gasteiger partial charge is 0.416 e. The molecule has 1 aromatic carbocycles. The summed E-state index contributed by atoms with van der Waals surface area (Å²) in [6.45, 7) is 2.07. The van der Waals surface area contributed by atoms with Crippen molar-refractivity contribution in [3.63, 3.8) is 0 Å². The molecule has 10 heteroatoms. The van der Waals surface area contributed by atoms with Gasteiger partial charge >= 0.3 is 6.18 Å². The van der Waals surface area contributed by atoms with Crippen LogP contribution in [0, 0.1) is 6.92 Å². The molecule has 0 radical (unpaired) electrons. The number of carbonyl (C=O) groups is 1. The Labute approximate surface area is 158 Å². The number of nitrogens with zero attached hydrogens (tertiary/aromatic N) is 2. The van der Waals surface area contributed by atoms with Gasteiger partial charge in [0.1, 0.15) is 5.60 Å². The summed E-state index contributed by atoms with van der Waals surface area (Å²) in [5, 5.41) is 27.1. The second-order valence-electron chi connectivity index (χ2n) is 6.74. The first-order valence-corrected chi connectivity index (χ1v) is 8.63. The lowest BCUT2D eigenvalue weighted by Gasteiger charge is -2.35. The van der Waals surface area contributed by atoms with Gasteiger partial charge < -0.3 is 20.3 Å². The van der Waals surface area contributed by atoms with Gasteiger partial charge in [-0.1, -0.05) is 6.07 Å². The molecule has 28 heavy (non-hydrogen) atoms. The molecule has 0 bridgehead atoms. The average Bonchev–Trinajstić information content (AvgIpc) is 3.01. The maximum atomic E-state index is 12.9. The van der Waals surface area contributed by atoms with Crippen molar-refractivity contribution in [2.24, 2.45) is 0 Å². The number of anilines is 1. The first kappa shape index (κ1) is 20.3. The number of ether oxygens (including phenoxy) is 1. The third kappa shape index (κ3) is 4.18. The Hall–Kier alpha value is -2.43. The Morgan fingerprint density at radius 3 is 2.64 bits per heavy atom. The standard InChI is InChI=1S/C18H20F3N3O4/c1-11-9-14(22-16(26)15(25)17(27)5-7-28-8-6-17)23-24(11)13-4-2-3-12(10-13)18(19,20)21/h2-4,9-10,15,25,27H,5-8H2,1H3,(H,22,23,26). The van der Waals surface area contributed by atoms with Crippen LogP contribution in [-0.4, -0.2) is 50.8 Å². The molecule has 2 aromatic rings. The number of halogens is 3. The van der Waals surface area contributed by atoms with Gasteiger partial charge in [0, 0.05) is 37.8 Å². The highest BCUT2D eigenvalue weighted by molar-refractivity contribution is 5.94. The number of carbonyl (C=O) groups excluding carboxylic acids is 1. The van der Waals surface area contributed by atoms with Gasteiger partial charge in [0.05, 0.1) is 11.3 Å². The fraction of sp³-hybridized carbons (Fsp3) is 0.444. The lowest BCUT2D eigenvalue weighted by molar-refractivity contribution is -0.155. The van der Waals surface area contributed by atoms with Crippen LogP contribution in [0.3, 0.4) is 0 Å². The summed E-state index contributed by atoms with van der Waals surface area (Å²) < 4.78 is 45.1.